The van der Waals surface area contributed by atoms with Crippen LogP contribution in [-0.2, 0) is 17.9 Å². The van der Waals surface area contributed by atoms with Crippen molar-refractivity contribution in [2.75, 3.05) is 20.1 Å². The predicted octanol–water partition coefficient (Wildman–Crippen LogP) is 3.54. The summed E-state index contributed by atoms with van der Waals surface area (Å²) in [6, 6.07) is 14.3. The molecule has 0 aromatic heterocycles. The minimum absolute atomic E-state index is 0.130. The van der Waals surface area contributed by atoms with E-state index in [0.717, 1.165) is 36.7 Å². The topological polar surface area (TPSA) is 50.8 Å². The number of ether oxygens (including phenoxy) is 2. The maximum Gasteiger partial charge on any atom is 0.225 e. The molecule has 0 bridgehead atoms. The van der Waals surface area contributed by atoms with Gasteiger partial charge in [0.25, 0.3) is 0 Å². The maximum absolute atomic E-state index is 11.6. The van der Waals surface area contributed by atoms with Crippen molar-refractivity contribution in [3.05, 3.63) is 59.2 Å². The van der Waals surface area contributed by atoms with Crippen molar-refractivity contribution in [3.63, 3.8) is 0 Å². The first kappa shape index (κ1) is 20.2. The maximum atomic E-state index is 11.6. The summed E-state index contributed by atoms with van der Waals surface area (Å²) >= 11 is 0. The van der Waals surface area contributed by atoms with E-state index in [1.807, 2.05) is 44.2 Å². The lowest BCUT2D eigenvalue weighted by Crippen LogP contribution is -2.52. The molecule has 150 valence electrons. The Labute approximate surface area is 167 Å². The number of likely N-dealkylation sites (tertiary alicyclic amines) is 1. The Morgan fingerprint density at radius 3 is 2.43 bits per heavy atom. The number of aryl methyl sites for hydroxylation is 1. The number of carbonyl (C=O) groups is 1. The van der Waals surface area contributed by atoms with Crippen molar-refractivity contribution in [1.29, 1.82) is 0 Å². The van der Waals surface area contributed by atoms with Gasteiger partial charge in [0.1, 0.15) is 18.1 Å². The van der Waals surface area contributed by atoms with Crippen LogP contribution in [0.25, 0.3) is 0 Å². The van der Waals surface area contributed by atoms with Crippen LogP contribution in [0.1, 0.15) is 30.5 Å². The number of benzene rings is 2. The van der Waals surface area contributed by atoms with E-state index >= 15 is 0 Å². The van der Waals surface area contributed by atoms with Gasteiger partial charge in [-0.1, -0.05) is 18.2 Å². The fourth-order valence-electron chi connectivity index (χ4n) is 3.35. The first-order valence-electron chi connectivity index (χ1n) is 9.86. The lowest BCUT2D eigenvalue weighted by atomic mass is 9.97. The van der Waals surface area contributed by atoms with Gasteiger partial charge in [0.2, 0.25) is 5.91 Å². The molecule has 5 nitrogen and oxygen atoms in total. The molecule has 0 saturated carbocycles. The van der Waals surface area contributed by atoms with Gasteiger partial charge in [-0.15, -0.1) is 0 Å². The zero-order chi connectivity index (χ0) is 20.1. The molecule has 3 rings (SSSR count). The summed E-state index contributed by atoms with van der Waals surface area (Å²) < 4.78 is 11.6. The smallest absolute Gasteiger partial charge is 0.225 e. The van der Waals surface area contributed by atoms with Crippen molar-refractivity contribution in [1.82, 2.24) is 10.2 Å². The zero-order valence-corrected chi connectivity index (χ0v) is 17.2. The molecule has 1 amide bonds. The molecule has 0 radical (unpaired) electrons. The van der Waals surface area contributed by atoms with Crippen LogP contribution in [-0.4, -0.2) is 37.0 Å². The highest BCUT2D eigenvalue weighted by Crippen LogP contribution is 2.24. The molecule has 0 aliphatic carbocycles. The SMILES string of the molecule is CNC(=O)C1CN(Cc2ccc(OCc3ccc(OC(C)C)cc3)cc2C)C1. The summed E-state index contributed by atoms with van der Waals surface area (Å²) in [6.45, 7) is 9.20. The standard InChI is InChI=1S/C23H30N2O3/c1-16(2)28-21-8-5-18(6-9-21)15-27-22-10-7-19(17(3)11-22)12-25-13-20(14-25)23(26)24-4/h5-11,16,20H,12-15H2,1-4H3,(H,24,26). The second kappa shape index (κ2) is 9.11. The summed E-state index contributed by atoms with van der Waals surface area (Å²) in [4.78, 5) is 13.9. The van der Waals surface area contributed by atoms with Gasteiger partial charge in [0.05, 0.1) is 12.0 Å². The van der Waals surface area contributed by atoms with E-state index < -0.39 is 0 Å². The molecule has 1 fully saturated rings. The summed E-state index contributed by atoms with van der Waals surface area (Å²) in [5.74, 6) is 2.02. The van der Waals surface area contributed by atoms with Gasteiger partial charge in [-0.05, 0) is 61.7 Å². The Kier molecular flexibility index (Phi) is 6.57. The van der Waals surface area contributed by atoms with Crippen molar-refractivity contribution in [3.8, 4) is 11.5 Å². The highest BCUT2D eigenvalue weighted by molar-refractivity contribution is 5.79. The van der Waals surface area contributed by atoms with Crippen molar-refractivity contribution in [2.24, 2.45) is 5.92 Å². The molecule has 1 aliphatic rings. The molecule has 1 N–H and O–H groups in total. The highest BCUT2D eigenvalue weighted by atomic mass is 16.5. The normalized spacial score (nSPS) is 14.6. The molecule has 0 spiro atoms. The first-order chi connectivity index (χ1) is 13.4. The average molecular weight is 383 g/mol. The number of amides is 1. The lowest BCUT2D eigenvalue weighted by molar-refractivity contribution is -0.129. The van der Waals surface area contributed by atoms with Gasteiger partial charge in [-0.3, -0.25) is 9.69 Å². The Morgan fingerprint density at radius 1 is 1.14 bits per heavy atom. The molecule has 5 heteroatoms. The second-order valence-electron chi connectivity index (χ2n) is 7.69. The van der Waals surface area contributed by atoms with E-state index in [2.05, 4.69) is 29.3 Å². The van der Waals surface area contributed by atoms with E-state index in [1.54, 1.807) is 7.05 Å². The Balaban J connectivity index is 1.50. The number of nitrogens with one attached hydrogen (secondary N) is 1. The van der Waals surface area contributed by atoms with Gasteiger partial charge in [-0.25, -0.2) is 0 Å². The molecule has 28 heavy (non-hydrogen) atoms. The van der Waals surface area contributed by atoms with Crippen LogP contribution >= 0.6 is 0 Å². The van der Waals surface area contributed by atoms with Gasteiger partial charge in [0.15, 0.2) is 0 Å². The average Bonchev–Trinajstić information content (AvgIpc) is 2.64. The highest BCUT2D eigenvalue weighted by Gasteiger charge is 2.31. The Hall–Kier alpha value is -2.53. The van der Waals surface area contributed by atoms with E-state index in [0.29, 0.717) is 6.61 Å². The van der Waals surface area contributed by atoms with E-state index in [1.165, 1.54) is 11.1 Å². The monoisotopic (exact) mass is 382 g/mol. The summed E-state index contributed by atoms with van der Waals surface area (Å²) in [5, 5.41) is 2.72. The fraction of sp³-hybridized carbons (Fsp3) is 0.435. The molecule has 0 atom stereocenters. The van der Waals surface area contributed by atoms with Gasteiger partial charge in [-0.2, -0.15) is 0 Å². The van der Waals surface area contributed by atoms with Crippen LogP contribution < -0.4 is 14.8 Å². The van der Waals surface area contributed by atoms with E-state index in [4.69, 9.17) is 9.47 Å². The Bertz CT molecular complexity index is 796. The fourth-order valence-corrected chi connectivity index (χ4v) is 3.35. The second-order valence-corrected chi connectivity index (χ2v) is 7.69. The van der Waals surface area contributed by atoms with Crippen molar-refractivity contribution < 1.29 is 14.3 Å². The van der Waals surface area contributed by atoms with Gasteiger partial charge < -0.3 is 14.8 Å². The molecule has 2 aromatic carbocycles. The van der Waals surface area contributed by atoms with Crippen LogP contribution in [0, 0.1) is 12.8 Å². The van der Waals surface area contributed by atoms with Crippen LogP contribution in [0.5, 0.6) is 11.5 Å². The lowest BCUT2D eigenvalue weighted by Gasteiger charge is -2.38. The van der Waals surface area contributed by atoms with Gasteiger partial charge in [0, 0.05) is 26.7 Å². The third-order valence-electron chi connectivity index (χ3n) is 4.98. The van der Waals surface area contributed by atoms with E-state index in [-0.39, 0.29) is 17.9 Å². The predicted molar refractivity (Wildman–Crippen MR) is 111 cm³/mol. The Morgan fingerprint density at radius 2 is 1.82 bits per heavy atom. The molecule has 2 aromatic rings. The number of nitrogens with zero attached hydrogens (tertiary/aromatic N) is 1. The zero-order valence-electron chi connectivity index (χ0n) is 17.2. The van der Waals surface area contributed by atoms with Crippen LogP contribution in [0.4, 0.5) is 0 Å². The van der Waals surface area contributed by atoms with E-state index in [9.17, 15) is 4.79 Å². The summed E-state index contributed by atoms with van der Waals surface area (Å²) in [5.41, 5.74) is 3.60. The molecule has 0 unspecified atom stereocenters. The van der Waals surface area contributed by atoms with Crippen LogP contribution in [0.15, 0.2) is 42.5 Å². The molecule has 1 heterocycles. The van der Waals surface area contributed by atoms with Crippen LogP contribution in [0.2, 0.25) is 0 Å². The number of hydrogen-bond donors (Lipinski definition) is 1. The molecule has 1 aliphatic heterocycles. The number of carbonyl (C=O) groups excluding carboxylic acids is 1. The molecule has 1 saturated heterocycles. The first-order valence-corrected chi connectivity index (χ1v) is 9.86. The minimum atomic E-state index is 0.130. The van der Waals surface area contributed by atoms with Gasteiger partial charge >= 0.3 is 0 Å². The third kappa shape index (κ3) is 5.26. The third-order valence-corrected chi connectivity index (χ3v) is 4.98. The van der Waals surface area contributed by atoms with Crippen molar-refractivity contribution in [2.45, 2.75) is 40.0 Å². The number of rotatable bonds is 8. The van der Waals surface area contributed by atoms with Crippen molar-refractivity contribution >= 4 is 5.91 Å². The number of hydrogen-bond acceptors (Lipinski definition) is 4. The van der Waals surface area contributed by atoms with Crippen LogP contribution in [0.3, 0.4) is 0 Å². The minimum Gasteiger partial charge on any atom is -0.491 e. The molecular formula is C23H30N2O3. The molecular weight excluding hydrogens is 352 g/mol. The summed E-state index contributed by atoms with van der Waals surface area (Å²) in [7, 11) is 1.70. The largest absolute Gasteiger partial charge is 0.491 e. The quantitative estimate of drug-likeness (QED) is 0.759. The summed E-state index contributed by atoms with van der Waals surface area (Å²) in [6.07, 6.45) is 0.175.